The summed E-state index contributed by atoms with van der Waals surface area (Å²) < 4.78 is 24.3. The number of aliphatic hydroxyl groups is 1. The van der Waals surface area contributed by atoms with E-state index in [1.807, 2.05) is 67.7 Å². The number of aliphatic hydroxyl groups excluding tert-OH is 1. The van der Waals surface area contributed by atoms with Crippen LogP contribution in [0.4, 0.5) is 5.95 Å². The molecule has 1 fully saturated rings. The van der Waals surface area contributed by atoms with E-state index in [-0.39, 0.29) is 18.1 Å². The minimum absolute atomic E-state index is 0.0395. The van der Waals surface area contributed by atoms with Crippen molar-refractivity contribution >= 4 is 26.6 Å². The standard InChI is InChI=1S/C31H36N4O4S/c1-21-16-24(19-35(2)29(21)37)23-10-11-27-26(17-23)28(33-30(32-27)34-40(3,4)38)31(20-36,25-8-6-5-7-9-25)18-22-12-14-39-15-13-22/h5-11,16-17,19,22,36H,12-15,18,20H2,1-4H3. The van der Waals surface area contributed by atoms with Crippen LogP contribution in [0, 0.1) is 12.8 Å². The second-order valence-electron chi connectivity index (χ2n) is 11.1. The van der Waals surface area contributed by atoms with Crippen molar-refractivity contribution in [1.29, 1.82) is 0 Å². The summed E-state index contributed by atoms with van der Waals surface area (Å²) in [5, 5.41) is 12.1. The van der Waals surface area contributed by atoms with Gasteiger partial charge in [0.25, 0.3) is 11.5 Å². The first-order valence-electron chi connectivity index (χ1n) is 13.5. The average Bonchev–Trinajstić information content (AvgIpc) is 2.94. The molecular weight excluding hydrogens is 524 g/mol. The highest BCUT2D eigenvalue weighted by Crippen LogP contribution is 2.43. The van der Waals surface area contributed by atoms with E-state index in [0.29, 0.717) is 42.3 Å². The molecule has 0 saturated carbocycles. The lowest BCUT2D eigenvalue weighted by atomic mass is 9.69. The Morgan fingerprint density at radius 3 is 2.45 bits per heavy atom. The van der Waals surface area contributed by atoms with Crippen LogP contribution in [0.15, 0.2) is 70.0 Å². The molecule has 0 amide bonds. The van der Waals surface area contributed by atoms with E-state index in [4.69, 9.17) is 9.72 Å². The van der Waals surface area contributed by atoms with Crippen LogP contribution in [0.2, 0.25) is 0 Å². The van der Waals surface area contributed by atoms with E-state index >= 15 is 0 Å². The number of hydrogen-bond donors (Lipinski definition) is 1. The van der Waals surface area contributed by atoms with Crippen LogP contribution in [0.1, 0.15) is 36.1 Å². The Morgan fingerprint density at radius 2 is 1.80 bits per heavy atom. The van der Waals surface area contributed by atoms with Crippen LogP contribution >= 0.6 is 0 Å². The number of rotatable bonds is 7. The van der Waals surface area contributed by atoms with E-state index in [1.54, 1.807) is 24.1 Å². The zero-order valence-corrected chi connectivity index (χ0v) is 24.3. The van der Waals surface area contributed by atoms with Gasteiger partial charge in [0.05, 0.1) is 23.2 Å². The molecule has 1 saturated heterocycles. The molecule has 2 aromatic carbocycles. The molecule has 3 heterocycles. The van der Waals surface area contributed by atoms with E-state index in [2.05, 4.69) is 9.35 Å². The van der Waals surface area contributed by atoms with Crippen molar-refractivity contribution in [3.63, 3.8) is 0 Å². The van der Waals surface area contributed by atoms with Gasteiger partial charge in [-0.15, -0.1) is 0 Å². The van der Waals surface area contributed by atoms with Crippen LogP contribution < -0.4 is 5.56 Å². The molecular formula is C31H36N4O4S. The second-order valence-corrected chi connectivity index (χ2v) is 13.6. The highest BCUT2D eigenvalue weighted by molar-refractivity contribution is 7.92. The third kappa shape index (κ3) is 5.73. The summed E-state index contributed by atoms with van der Waals surface area (Å²) in [5.41, 5.74) is 3.82. The van der Waals surface area contributed by atoms with E-state index < -0.39 is 15.1 Å². The summed E-state index contributed by atoms with van der Waals surface area (Å²) in [5.74, 6) is 0.464. The molecule has 4 aromatic rings. The smallest absolute Gasteiger partial charge is 0.258 e. The fourth-order valence-corrected chi connectivity index (χ4v) is 6.19. The van der Waals surface area contributed by atoms with E-state index in [1.165, 1.54) is 0 Å². The summed E-state index contributed by atoms with van der Waals surface area (Å²) in [4.78, 5) is 22.0. The number of pyridine rings is 1. The summed E-state index contributed by atoms with van der Waals surface area (Å²) in [6, 6.07) is 17.7. The SMILES string of the molecule is Cc1cc(-c2ccc3nc(N=S(C)(C)=O)nc(C(CO)(CC4CCOCC4)c4ccccc4)c3c2)cn(C)c1=O. The lowest BCUT2D eigenvalue weighted by Gasteiger charge is -2.37. The maximum Gasteiger partial charge on any atom is 0.258 e. The Balaban J connectivity index is 1.82. The van der Waals surface area contributed by atoms with Crippen LogP contribution in [0.3, 0.4) is 0 Å². The van der Waals surface area contributed by atoms with E-state index in [0.717, 1.165) is 34.9 Å². The zero-order chi connectivity index (χ0) is 28.5. The van der Waals surface area contributed by atoms with Crippen molar-refractivity contribution in [2.75, 3.05) is 32.3 Å². The van der Waals surface area contributed by atoms with Crippen molar-refractivity contribution in [1.82, 2.24) is 14.5 Å². The van der Waals surface area contributed by atoms with Crippen molar-refractivity contribution in [3.05, 3.63) is 88.0 Å². The first-order valence-corrected chi connectivity index (χ1v) is 15.8. The third-order valence-electron chi connectivity index (χ3n) is 7.71. The quantitative estimate of drug-likeness (QED) is 0.349. The summed E-state index contributed by atoms with van der Waals surface area (Å²) in [6.45, 7) is 3.02. The predicted octanol–water partition coefficient (Wildman–Crippen LogP) is 4.76. The molecule has 9 heteroatoms. The van der Waals surface area contributed by atoms with Crippen LogP contribution in [-0.4, -0.2) is 56.2 Å². The third-order valence-corrected chi connectivity index (χ3v) is 8.31. The van der Waals surface area contributed by atoms with Crippen molar-refractivity contribution in [2.24, 2.45) is 17.3 Å². The minimum atomic E-state index is -2.53. The number of nitrogens with zero attached hydrogens (tertiary/aromatic N) is 4. The number of ether oxygens (including phenoxy) is 1. The van der Waals surface area contributed by atoms with Gasteiger partial charge in [-0.2, -0.15) is 4.36 Å². The van der Waals surface area contributed by atoms with Gasteiger partial charge >= 0.3 is 0 Å². The van der Waals surface area contributed by atoms with Gasteiger partial charge < -0.3 is 14.4 Å². The van der Waals surface area contributed by atoms with Crippen molar-refractivity contribution < 1.29 is 14.1 Å². The van der Waals surface area contributed by atoms with E-state index in [9.17, 15) is 14.1 Å². The monoisotopic (exact) mass is 560 g/mol. The maximum atomic E-state index is 12.7. The molecule has 1 aliphatic rings. The lowest BCUT2D eigenvalue weighted by Crippen LogP contribution is -2.37. The van der Waals surface area contributed by atoms with Gasteiger partial charge in [-0.25, -0.2) is 14.2 Å². The Kier molecular flexibility index (Phi) is 7.90. The fraction of sp³-hybridized carbons (Fsp3) is 0.387. The minimum Gasteiger partial charge on any atom is -0.395 e. The predicted molar refractivity (Wildman–Crippen MR) is 159 cm³/mol. The molecule has 0 bridgehead atoms. The number of aryl methyl sites for hydroxylation is 2. The van der Waals surface area contributed by atoms with Gasteiger partial charge in [0.2, 0.25) is 0 Å². The molecule has 210 valence electrons. The fourth-order valence-electron chi connectivity index (χ4n) is 5.72. The van der Waals surface area contributed by atoms with Crippen LogP contribution in [0.5, 0.6) is 0 Å². The molecule has 40 heavy (non-hydrogen) atoms. The topological polar surface area (TPSA) is 107 Å². The summed E-state index contributed by atoms with van der Waals surface area (Å²) >= 11 is 0. The molecule has 1 aliphatic heterocycles. The summed E-state index contributed by atoms with van der Waals surface area (Å²) in [7, 11) is -0.787. The molecule has 0 radical (unpaired) electrons. The second kappa shape index (κ2) is 11.2. The highest BCUT2D eigenvalue weighted by Gasteiger charge is 2.40. The number of hydrogen-bond acceptors (Lipinski definition) is 7. The maximum absolute atomic E-state index is 12.7. The van der Waals surface area contributed by atoms with Crippen molar-refractivity contribution in [2.45, 2.75) is 31.6 Å². The Morgan fingerprint density at radius 1 is 1.07 bits per heavy atom. The molecule has 1 atom stereocenters. The Labute approximate surface area is 235 Å². The first-order chi connectivity index (χ1) is 19.1. The Bertz CT molecular complexity index is 1690. The number of benzene rings is 2. The number of fused-ring (bicyclic) bond motifs is 1. The normalized spacial score (nSPS) is 16.1. The molecule has 1 N–H and O–H groups in total. The first kappa shape index (κ1) is 28.1. The molecule has 1 unspecified atom stereocenters. The Hall–Kier alpha value is -3.40. The number of aromatic nitrogens is 3. The largest absolute Gasteiger partial charge is 0.395 e. The highest BCUT2D eigenvalue weighted by atomic mass is 32.2. The zero-order valence-electron chi connectivity index (χ0n) is 23.5. The van der Waals surface area contributed by atoms with Crippen molar-refractivity contribution in [3.8, 4) is 11.1 Å². The van der Waals surface area contributed by atoms with Crippen LogP contribution in [0.25, 0.3) is 22.0 Å². The molecule has 0 spiro atoms. The molecule has 0 aliphatic carbocycles. The van der Waals surface area contributed by atoms with Gasteiger partial charge in [-0.3, -0.25) is 4.79 Å². The van der Waals surface area contributed by atoms with Gasteiger partial charge in [0.1, 0.15) is 0 Å². The van der Waals surface area contributed by atoms with Gasteiger partial charge in [0, 0.05) is 59.6 Å². The average molecular weight is 561 g/mol. The summed E-state index contributed by atoms with van der Waals surface area (Å²) in [6.07, 6.45) is 7.40. The molecule has 8 nitrogen and oxygen atoms in total. The van der Waals surface area contributed by atoms with Gasteiger partial charge in [-0.05, 0) is 67.0 Å². The van der Waals surface area contributed by atoms with Gasteiger partial charge in [0.15, 0.2) is 0 Å². The molecule has 5 rings (SSSR count). The van der Waals surface area contributed by atoms with Crippen LogP contribution in [-0.2, 0) is 26.9 Å². The lowest BCUT2D eigenvalue weighted by molar-refractivity contribution is 0.0527. The van der Waals surface area contributed by atoms with Gasteiger partial charge in [-0.1, -0.05) is 36.4 Å². The molecule has 2 aromatic heterocycles.